The van der Waals surface area contributed by atoms with Gasteiger partial charge in [0.05, 0.1) is 0 Å². The Bertz CT molecular complexity index is 444. The van der Waals surface area contributed by atoms with Crippen molar-refractivity contribution in [2.75, 3.05) is 0 Å². The monoisotopic (exact) mass is 304 g/mol. The van der Waals surface area contributed by atoms with Crippen molar-refractivity contribution in [1.29, 1.82) is 0 Å². The Kier molecular flexibility index (Phi) is 4.69. The van der Waals surface area contributed by atoms with Crippen LogP contribution in [0.5, 0.6) is 0 Å². The summed E-state index contributed by atoms with van der Waals surface area (Å²) in [5.41, 5.74) is 0.831. The van der Waals surface area contributed by atoms with E-state index in [1.54, 1.807) is 18.2 Å². The molecule has 0 N–H and O–H groups in total. The molecular weight excluding hydrogens is 297 g/mol. The van der Waals surface area contributed by atoms with E-state index < -0.39 is 12.0 Å². The summed E-state index contributed by atoms with van der Waals surface area (Å²) >= 11 is 3.26. The Morgan fingerprint density at radius 2 is 1.71 bits per heavy atom. The van der Waals surface area contributed by atoms with Crippen LogP contribution in [0.25, 0.3) is 6.08 Å². The largest absolute Gasteiger partial charge is 0.454 e. The predicted molar refractivity (Wildman–Crippen MR) is 63.4 cm³/mol. The van der Waals surface area contributed by atoms with Crippen LogP contribution in [-0.2, 0) is 4.79 Å². The van der Waals surface area contributed by atoms with Crippen LogP contribution >= 0.6 is 15.9 Å². The molecule has 5 heteroatoms. The molecule has 0 aromatic heterocycles. The average Bonchev–Trinajstić information content (AvgIpc) is 2.25. The van der Waals surface area contributed by atoms with Gasteiger partial charge >= 0.3 is 6.18 Å². The van der Waals surface area contributed by atoms with Crippen LogP contribution in [0, 0.1) is 0 Å². The van der Waals surface area contributed by atoms with E-state index in [1.807, 2.05) is 12.1 Å². The lowest BCUT2D eigenvalue weighted by Crippen LogP contribution is -2.19. The van der Waals surface area contributed by atoms with E-state index in [-0.39, 0.29) is 0 Å². The van der Waals surface area contributed by atoms with Gasteiger partial charge < -0.3 is 0 Å². The summed E-state index contributed by atoms with van der Waals surface area (Å²) in [5, 5.41) is 0. The Hall–Kier alpha value is -1.36. The predicted octanol–water partition coefficient (Wildman–Crippen LogP) is 4.15. The highest BCUT2D eigenvalue weighted by Gasteiger charge is 2.35. The zero-order valence-electron chi connectivity index (χ0n) is 8.54. The molecule has 0 aliphatic heterocycles. The maximum Gasteiger partial charge on any atom is 0.454 e. The number of hydrogen-bond donors (Lipinski definition) is 0. The second-order valence-corrected chi connectivity index (χ2v) is 4.05. The van der Waals surface area contributed by atoms with Crippen molar-refractivity contribution >= 4 is 27.8 Å². The summed E-state index contributed by atoms with van der Waals surface area (Å²) in [5.74, 6) is -1.86. The van der Waals surface area contributed by atoms with Crippen LogP contribution in [0.15, 0.2) is 47.0 Å². The number of carbonyl (C=O) groups is 1. The molecule has 1 rings (SSSR count). The molecule has 0 fully saturated rings. The Morgan fingerprint density at radius 1 is 1.12 bits per heavy atom. The fourth-order valence-electron chi connectivity index (χ4n) is 0.978. The van der Waals surface area contributed by atoms with Crippen molar-refractivity contribution < 1.29 is 18.0 Å². The molecule has 0 amide bonds. The van der Waals surface area contributed by atoms with Gasteiger partial charge in [-0.1, -0.05) is 46.3 Å². The first-order chi connectivity index (χ1) is 7.89. The highest BCUT2D eigenvalue weighted by atomic mass is 79.9. The fraction of sp³-hybridized carbons (Fsp3) is 0.0833. The molecule has 0 bridgehead atoms. The molecule has 0 saturated carbocycles. The molecule has 0 aliphatic carbocycles. The van der Waals surface area contributed by atoms with Crippen LogP contribution in [0.3, 0.4) is 0 Å². The number of rotatable bonds is 3. The van der Waals surface area contributed by atoms with Crippen molar-refractivity contribution in [2.24, 2.45) is 0 Å². The molecule has 1 aromatic carbocycles. The van der Waals surface area contributed by atoms with E-state index in [0.717, 1.165) is 16.1 Å². The van der Waals surface area contributed by atoms with Crippen molar-refractivity contribution in [1.82, 2.24) is 0 Å². The van der Waals surface area contributed by atoms with Crippen molar-refractivity contribution in [3.63, 3.8) is 0 Å². The number of benzene rings is 1. The molecule has 0 heterocycles. The van der Waals surface area contributed by atoms with Gasteiger partial charge in [-0.15, -0.1) is 0 Å². The lowest BCUT2D eigenvalue weighted by Gasteiger charge is -1.98. The van der Waals surface area contributed by atoms with E-state index in [2.05, 4.69) is 15.9 Å². The van der Waals surface area contributed by atoms with Crippen LogP contribution in [0.2, 0.25) is 0 Å². The van der Waals surface area contributed by atoms with Gasteiger partial charge in [0.25, 0.3) is 5.78 Å². The lowest BCUT2D eigenvalue weighted by molar-refractivity contribution is -0.165. The minimum atomic E-state index is -4.80. The second kappa shape index (κ2) is 5.82. The third-order valence-corrected chi connectivity index (χ3v) is 2.33. The molecular formula is C12H8BrF3O. The third-order valence-electron chi connectivity index (χ3n) is 1.80. The molecule has 0 saturated heterocycles. The van der Waals surface area contributed by atoms with E-state index >= 15 is 0 Å². The molecule has 0 atom stereocenters. The molecule has 0 unspecified atom stereocenters. The summed E-state index contributed by atoms with van der Waals surface area (Å²) in [6.45, 7) is 0. The Balaban J connectivity index is 2.59. The standard InChI is InChI=1S/C12H8BrF3O/c13-10-7-5-9(6-8-10)3-1-2-4-11(17)12(14,15)16/h1-8H/b3-1+,4-2+. The van der Waals surface area contributed by atoms with Gasteiger partial charge in [0.2, 0.25) is 0 Å². The van der Waals surface area contributed by atoms with Crippen LogP contribution in [-0.4, -0.2) is 12.0 Å². The van der Waals surface area contributed by atoms with Crippen molar-refractivity contribution in [2.45, 2.75) is 6.18 Å². The normalized spacial score (nSPS) is 12.5. The number of alkyl halides is 3. The maximum absolute atomic E-state index is 11.8. The molecule has 17 heavy (non-hydrogen) atoms. The van der Waals surface area contributed by atoms with Crippen LogP contribution in [0.4, 0.5) is 13.2 Å². The van der Waals surface area contributed by atoms with Gasteiger partial charge in [-0.3, -0.25) is 4.79 Å². The first-order valence-electron chi connectivity index (χ1n) is 4.61. The number of halogens is 4. The number of hydrogen-bond acceptors (Lipinski definition) is 1. The summed E-state index contributed by atoms with van der Waals surface area (Å²) in [4.78, 5) is 10.5. The summed E-state index contributed by atoms with van der Waals surface area (Å²) < 4.78 is 36.4. The quantitative estimate of drug-likeness (QED) is 0.605. The molecule has 0 radical (unpaired) electrons. The van der Waals surface area contributed by atoms with Crippen molar-refractivity contribution in [3.05, 3.63) is 52.5 Å². The van der Waals surface area contributed by atoms with Gasteiger partial charge in [0.1, 0.15) is 0 Å². The fourth-order valence-corrected chi connectivity index (χ4v) is 1.24. The average molecular weight is 305 g/mol. The maximum atomic E-state index is 11.8. The van der Waals surface area contributed by atoms with Crippen LogP contribution < -0.4 is 0 Å². The van der Waals surface area contributed by atoms with Gasteiger partial charge in [-0.05, 0) is 23.8 Å². The van der Waals surface area contributed by atoms with Gasteiger partial charge in [-0.25, -0.2) is 0 Å². The molecule has 0 spiro atoms. The van der Waals surface area contributed by atoms with Crippen molar-refractivity contribution in [3.8, 4) is 0 Å². The zero-order valence-corrected chi connectivity index (χ0v) is 10.1. The minimum absolute atomic E-state index is 0.495. The smallest absolute Gasteiger partial charge is 0.285 e. The van der Waals surface area contributed by atoms with E-state index in [9.17, 15) is 18.0 Å². The van der Waals surface area contributed by atoms with E-state index in [1.165, 1.54) is 6.08 Å². The van der Waals surface area contributed by atoms with Gasteiger partial charge in [0.15, 0.2) is 0 Å². The number of carbonyl (C=O) groups excluding carboxylic acids is 1. The topological polar surface area (TPSA) is 17.1 Å². The highest BCUT2D eigenvalue weighted by Crippen LogP contribution is 2.16. The number of ketones is 1. The number of allylic oxidation sites excluding steroid dienone is 3. The minimum Gasteiger partial charge on any atom is -0.285 e. The summed E-state index contributed by atoms with van der Waals surface area (Å²) in [6, 6.07) is 7.20. The highest BCUT2D eigenvalue weighted by molar-refractivity contribution is 9.10. The first-order valence-corrected chi connectivity index (χ1v) is 5.40. The second-order valence-electron chi connectivity index (χ2n) is 3.13. The molecule has 1 nitrogen and oxygen atoms in total. The third kappa shape index (κ3) is 4.99. The summed E-state index contributed by atoms with van der Waals surface area (Å²) in [7, 11) is 0. The molecule has 90 valence electrons. The molecule has 0 aliphatic rings. The Labute approximate surface area is 105 Å². The zero-order chi connectivity index (χ0) is 12.9. The van der Waals surface area contributed by atoms with Crippen LogP contribution in [0.1, 0.15) is 5.56 Å². The first kappa shape index (κ1) is 13.7. The SMILES string of the molecule is O=C(/C=C/C=C/c1ccc(Br)cc1)C(F)(F)F. The lowest BCUT2D eigenvalue weighted by atomic mass is 10.2. The van der Waals surface area contributed by atoms with Gasteiger partial charge in [0, 0.05) is 4.47 Å². The van der Waals surface area contributed by atoms with E-state index in [4.69, 9.17) is 0 Å². The van der Waals surface area contributed by atoms with E-state index in [0.29, 0.717) is 6.08 Å². The molecule has 1 aromatic rings. The Morgan fingerprint density at radius 3 is 2.24 bits per heavy atom. The van der Waals surface area contributed by atoms with Gasteiger partial charge in [-0.2, -0.15) is 13.2 Å². The summed E-state index contributed by atoms with van der Waals surface area (Å²) in [6.07, 6.45) is -0.255.